The largest absolute Gasteiger partial charge is 0.493 e. The van der Waals surface area contributed by atoms with Gasteiger partial charge in [-0.2, -0.15) is 0 Å². The zero-order chi connectivity index (χ0) is 18.2. The Morgan fingerprint density at radius 2 is 2.00 bits per heavy atom. The Balaban J connectivity index is 1.69. The maximum Gasteiger partial charge on any atom is 0.238 e. The van der Waals surface area contributed by atoms with Crippen LogP contribution in [0.1, 0.15) is 17.5 Å². The molecule has 0 atom stereocenters. The van der Waals surface area contributed by atoms with Gasteiger partial charge in [0.05, 0.1) is 13.2 Å². The SMILES string of the molecule is Cc1ccc(NC(=O)CN(C)CCCOc2cccc(Cl)c2)c(C)c1. The minimum atomic E-state index is -0.00906. The summed E-state index contributed by atoms with van der Waals surface area (Å²) in [4.78, 5) is 14.1. The highest BCUT2D eigenvalue weighted by Gasteiger charge is 2.08. The molecular formula is C20H25ClN2O2. The van der Waals surface area contributed by atoms with Gasteiger partial charge in [0.25, 0.3) is 0 Å². The van der Waals surface area contributed by atoms with E-state index in [1.165, 1.54) is 5.56 Å². The van der Waals surface area contributed by atoms with Crippen LogP contribution in [-0.4, -0.2) is 37.6 Å². The number of nitrogens with zero attached hydrogens (tertiary/aromatic N) is 1. The van der Waals surface area contributed by atoms with Crippen molar-refractivity contribution in [3.63, 3.8) is 0 Å². The molecule has 0 spiro atoms. The summed E-state index contributed by atoms with van der Waals surface area (Å²) in [5.74, 6) is 0.757. The fraction of sp³-hybridized carbons (Fsp3) is 0.350. The molecule has 0 aliphatic rings. The zero-order valence-electron chi connectivity index (χ0n) is 15.0. The number of carbonyl (C=O) groups excluding carboxylic acids is 1. The van der Waals surface area contributed by atoms with Gasteiger partial charge in [-0.25, -0.2) is 0 Å². The lowest BCUT2D eigenvalue weighted by Crippen LogP contribution is -2.31. The van der Waals surface area contributed by atoms with E-state index in [9.17, 15) is 4.79 Å². The molecule has 2 aromatic rings. The Hall–Kier alpha value is -2.04. The van der Waals surface area contributed by atoms with Crippen molar-refractivity contribution in [2.45, 2.75) is 20.3 Å². The standard InChI is InChI=1S/C20H25ClN2O2/c1-15-8-9-19(16(2)12-15)22-20(24)14-23(3)10-5-11-25-18-7-4-6-17(21)13-18/h4,6-9,12-13H,5,10-11,14H2,1-3H3,(H,22,24). The summed E-state index contributed by atoms with van der Waals surface area (Å²) < 4.78 is 5.65. The van der Waals surface area contributed by atoms with Crippen molar-refractivity contribution in [2.75, 3.05) is 32.1 Å². The van der Waals surface area contributed by atoms with Crippen molar-refractivity contribution in [1.82, 2.24) is 4.90 Å². The first kappa shape index (κ1) is 19.3. The minimum Gasteiger partial charge on any atom is -0.493 e. The average molecular weight is 361 g/mol. The van der Waals surface area contributed by atoms with Crippen LogP contribution >= 0.6 is 11.6 Å². The van der Waals surface area contributed by atoms with Gasteiger partial charge in [-0.05, 0) is 57.1 Å². The molecule has 0 heterocycles. The molecule has 2 aromatic carbocycles. The number of carbonyl (C=O) groups is 1. The lowest BCUT2D eigenvalue weighted by molar-refractivity contribution is -0.117. The first-order chi connectivity index (χ1) is 11.9. The van der Waals surface area contributed by atoms with Gasteiger partial charge < -0.3 is 10.1 Å². The molecule has 0 bridgehead atoms. The van der Waals surface area contributed by atoms with E-state index in [0.29, 0.717) is 18.2 Å². The summed E-state index contributed by atoms with van der Waals surface area (Å²) in [6.07, 6.45) is 0.833. The van der Waals surface area contributed by atoms with E-state index < -0.39 is 0 Å². The molecule has 4 nitrogen and oxygen atoms in total. The molecule has 2 rings (SSSR count). The number of rotatable bonds is 8. The van der Waals surface area contributed by atoms with Crippen molar-refractivity contribution >= 4 is 23.2 Å². The Bertz CT molecular complexity index is 719. The van der Waals surface area contributed by atoms with E-state index in [1.807, 2.05) is 56.1 Å². The van der Waals surface area contributed by atoms with Gasteiger partial charge in [-0.3, -0.25) is 9.69 Å². The average Bonchev–Trinajstić information content (AvgIpc) is 2.54. The predicted molar refractivity (Wildman–Crippen MR) is 104 cm³/mol. The van der Waals surface area contributed by atoms with E-state index in [-0.39, 0.29) is 5.91 Å². The van der Waals surface area contributed by atoms with Gasteiger partial charge in [-0.1, -0.05) is 35.4 Å². The highest BCUT2D eigenvalue weighted by Crippen LogP contribution is 2.17. The highest BCUT2D eigenvalue weighted by atomic mass is 35.5. The second-order valence-electron chi connectivity index (χ2n) is 6.26. The number of likely N-dealkylation sites (N-methyl/N-ethyl adjacent to an activating group) is 1. The van der Waals surface area contributed by atoms with Crippen LogP contribution in [0.25, 0.3) is 0 Å². The number of nitrogens with one attached hydrogen (secondary N) is 1. The van der Waals surface area contributed by atoms with E-state index in [4.69, 9.17) is 16.3 Å². The third-order valence-corrected chi connectivity index (χ3v) is 4.05. The van der Waals surface area contributed by atoms with Gasteiger partial charge in [0.2, 0.25) is 5.91 Å². The third-order valence-electron chi connectivity index (χ3n) is 3.82. The topological polar surface area (TPSA) is 41.6 Å². The fourth-order valence-corrected chi connectivity index (χ4v) is 2.73. The Morgan fingerprint density at radius 1 is 1.20 bits per heavy atom. The van der Waals surface area contributed by atoms with Gasteiger partial charge in [0.15, 0.2) is 0 Å². The molecule has 0 aliphatic heterocycles. The van der Waals surface area contributed by atoms with Crippen molar-refractivity contribution in [3.8, 4) is 5.75 Å². The minimum absolute atomic E-state index is 0.00906. The zero-order valence-corrected chi connectivity index (χ0v) is 15.8. The molecule has 1 N–H and O–H groups in total. The number of halogens is 1. The van der Waals surface area contributed by atoms with Crippen LogP contribution in [-0.2, 0) is 4.79 Å². The second kappa shape index (κ2) is 9.44. The molecule has 0 radical (unpaired) electrons. The first-order valence-electron chi connectivity index (χ1n) is 8.38. The van der Waals surface area contributed by atoms with Crippen LogP contribution in [0.3, 0.4) is 0 Å². The molecule has 0 aliphatic carbocycles. The molecule has 1 amide bonds. The molecule has 0 aromatic heterocycles. The quantitative estimate of drug-likeness (QED) is 0.714. The maximum absolute atomic E-state index is 12.2. The number of hydrogen-bond acceptors (Lipinski definition) is 3. The lowest BCUT2D eigenvalue weighted by atomic mass is 10.1. The summed E-state index contributed by atoms with van der Waals surface area (Å²) in [5.41, 5.74) is 3.13. The van der Waals surface area contributed by atoms with E-state index in [0.717, 1.165) is 30.0 Å². The molecule has 5 heteroatoms. The van der Waals surface area contributed by atoms with E-state index >= 15 is 0 Å². The van der Waals surface area contributed by atoms with Crippen LogP contribution < -0.4 is 10.1 Å². The summed E-state index contributed by atoms with van der Waals surface area (Å²) >= 11 is 5.92. The second-order valence-corrected chi connectivity index (χ2v) is 6.70. The molecule has 0 saturated carbocycles. The van der Waals surface area contributed by atoms with Crippen LogP contribution in [0, 0.1) is 13.8 Å². The monoisotopic (exact) mass is 360 g/mol. The molecule has 25 heavy (non-hydrogen) atoms. The van der Waals surface area contributed by atoms with Crippen molar-refractivity contribution in [3.05, 3.63) is 58.6 Å². The molecule has 0 unspecified atom stereocenters. The summed E-state index contributed by atoms with van der Waals surface area (Å²) in [5, 5.41) is 3.63. The fourth-order valence-electron chi connectivity index (χ4n) is 2.55. The van der Waals surface area contributed by atoms with Gasteiger partial charge >= 0.3 is 0 Å². The maximum atomic E-state index is 12.2. The van der Waals surface area contributed by atoms with Crippen molar-refractivity contribution < 1.29 is 9.53 Å². The normalized spacial score (nSPS) is 10.8. The van der Waals surface area contributed by atoms with Crippen LogP contribution in [0.4, 0.5) is 5.69 Å². The number of amides is 1. The van der Waals surface area contributed by atoms with Crippen molar-refractivity contribution in [2.24, 2.45) is 0 Å². The smallest absolute Gasteiger partial charge is 0.238 e. The van der Waals surface area contributed by atoms with Gasteiger partial charge in [0.1, 0.15) is 5.75 Å². The Kier molecular flexibility index (Phi) is 7.29. The molecule has 134 valence electrons. The van der Waals surface area contributed by atoms with Gasteiger partial charge in [0, 0.05) is 17.3 Å². The number of ether oxygens (including phenoxy) is 1. The third kappa shape index (κ3) is 6.77. The van der Waals surface area contributed by atoms with Crippen molar-refractivity contribution in [1.29, 1.82) is 0 Å². The predicted octanol–water partition coefficient (Wildman–Crippen LogP) is 4.30. The molecule has 0 saturated heterocycles. The summed E-state index contributed by atoms with van der Waals surface area (Å²) in [7, 11) is 1.93. The molecular weight excluding hydrogens is 336 g/mol. The van der Waals surface area contributed by atoms with Crippen LogP contribution in [0.2, 0.25) is 5.02 Å². The number of hydrogen-bond donors (Lipinski definition) is 1. The number of anilines is 1. The molecule has 0 fully saturated rings. The number of benzene rings is 2. The number of aryl methyl sites for hydroxylation is 2. The lowest BCUT2D eigenvalue weighted by Gasteiger charge is -2.17. The summed E-state index contributed by atoms with van der Waals surface area (Å²) in [6.45, 7) is 5.76. The van der Waals surface area contributed by atoms with E-state index in [2.05, 4.69) is 11.4 Å². The Morgan fingerprint density at radius 3 is 2.72 bits per heavy atom. The summed E-state index contributed by atoms with van der Waals surface area (Å²) in [6, 6.07) is 13.4. The van der Waals surface area contributed by atoms with Crippen LogP contribution in [0.5, 0.6) is 5.75 Å². The Labute approximate surface area is 154 Å². The van der Waals surface area contributed by atoms with E-state index in [1.54, 1.807) is 6.07 Å². The van der Waals surface area contributed by atoms with Gasteiger partial charge in [-0.15, -0.1) is 0 Å². The van der Waals surface area contributed by atoms with Crippen LogP contribution in [0.15, 0.2) is 42.5 Å². The highest BCUT2D eigenvalue weighted by molar-refractivity contribution is 6.30. The first-order valence-corrected chi connectivity index (χ1v) is 8.76.